The van der Waals surface area contributed by atoms with Crippen LogP contribution in [0.4, 0.5) is 5.00 Å². The van der Waals surface area contributed by atoms with Gasteiger partial charge in [0, 0.05) is 0 Å². The van der Waals surface area contributed by atoms with Gasteiger partial charge in [0.05, 0.1) is 29.8 Å². The Bertz CT molecular complexity index is 1000. The molecule has 1 heterocycles. The third-order valence-electron chi connectivity index (χ3n) is 7.14. The SMILES string of the molecule is CCOC(=O)c1sc(NC(=O)COC(=O)C23CC4CC(CC(O)(C4)C2)C3)c(C(=O)OCC)c1C. The van der Waals surface area contributed by atoms with E-state index in [0.29, 0.717) is 36.7 Å². The normalized spacial score (nSPS) is 28.9. The summed E-state index contributed by atoms with van der Waals surface area (Å²) in [5.74, 6) is -1.71. The molecule has 2 unspecified atom stereocenters. The van der Waals surface area contributed by atoms with Crippen molar-refractivity contribution in [2.45, 2.75) is 64.9 Å². The van der Waals surface area contributed by atoms with Crippen molar-refractivity contribution in [2.75, 3.05) is 25.1 Å². The van der Waals surface area contributed by atoms with Crippen LogP contribution in [0.1, 0.15) is 78.0 Å². The third-order valence-corrected chi connectivity index (χ3v) is 8.32. The summed E-state index contributed by atoms with van der Waals surface area (Å²) in [4.78, 5) is 50.6. The van der Waals surface area contributed by atoms with Crippen LogP contribution in [-0.2, 0) is 23.8 Å². The summed E-state index contributed by atoms with van der Waals surface area (Å²) in [7, 11) is 0. The van der Waals surface area contributed by atoms with Crippen LogP contribution in [0.3, 0.4) is 0 Å². The highest BCUT2D eigenvalue weighted by molar-refractivity contribution is 7.18. The van der Waals surface area contributed by atoms with Crippen molar-refractivity contribution in [1.29, 1.82) is 0 Å². The molecule has 9 nitrogen and oxygen atoms in total. The number of ether oxygens (including phenoxy) is 3. The number of hydrogen-bond acceptors (Lipinski definition) is 9. The van der Waals surface area contributed by atoms with Crippen LogP contribution >= 0.6 is 11.3 Å². The van der Waals surface area contributed by atoms with Crippen LogP contribution in [0, 0.1) is 24.2 Å². The number of rotatable bonds is 8. The summed E-state index contributed by atoms with van der Waals surface area (Å²) in [6.45, 7) is 4.69. The van der Waals surface area contributed by atoms with Crippen molar-refractivity contribution in [2.24, 2.45) is 17.3 Å². The first-order chi connectivity index (χ1) is 16.1. The predicted octanol–water partition coefficient (Wildman–Crippen LogP) is 3.22. The van der Waals surface area contributed by atoms with Crippen molar-refractivity contribution < 1.29 is 38.5 Å². The lowest BCUT2D eigenvalue weighted by Crippen LogP contribution is -2.58. The molecule has 4 saturated carbocycles. The van der Waals surface area contributed by atoms with E-state index in [1.165, 1.54) is 0 Å². The monoisotopic (exact) mass is 493 g/mol. The maximum atomic E-state index is 13.0. The zero-order valence-corrected chi connectivity index (χ0v) is 20.5. The van der Waals surface area contributed by atoms with E-state index in [1.807, 2.05) is 0 Å². The standard InChI is InChI=1S/C24H31NO8S/c1-4-31-20(27)17-13(3)18(21(28)32-5-2)34-19(17)25-16(26)11-33-22(29)23-7-14-6-15(8-23)10-24(30,9-14)12-23/h14-15,30H,4-12H2,1-3H3,(H,25,26). The van der Waals surface area contributed by atoms with Crippen LogP contribution in [0.25, 0.3) is 0 Å². The molecule has 0 spiro atoms. The molecule has 4 aliphatic carbocycles. The summed E-state index contributed by atoms with van der Waals surface area (Å²) in [6.07, 6.45) is 4.26. The average Bonchev–Trinajstić information content (AvgIpc) is 3.06. The molecule has 4 bridgehead atoms. The lowest BCUT2D eigenvalue weighted by atomic mass is 9.48. The number of esters is 3. The van der Waals surface area contributed by atoms with Gasteiger partial charge in [0.25, 0.3) is 5.91 Å². The van der Waals surface area contributed by atoms with Gasteiger partial charge in [-0.25, -0.2) is 9.59 Å². The second-order valence-corrected chi connectivity index (χ2v) is 10.8. The molecule has 0 aromatic carbocycles. The molecule has 0 aliphatic heterocycles. The molecule has 2 N–H and O–H groups in total. The number of nitrogens with one attached hydrogen (secondary N) is 1. The number of anilines is 1. The molecular weight excluding hydrogens is 462 g/mol. The summed E-state index contributed by atoms with van der Waals surface area (Å²) >= 11 is 0.917. The van der Waals surface area contributed by atoms with Crippen molar-refractivity contribution >= 4 is 40.2 Å². The Labute approximate surface area is 202 Å². The molecule has 0 radical (unpaired) electrons. The van der Waals surface area contributed by atoms with Gasteiger partial charge in [-0.05, 0) is 76.7 Å². The topological polar surface area (TPSA) is 128 Å². The molecule has 4 aliphatic rings. The number of aliphatic hydroxyl groups is 1. The molecule has 4 fully saturated rings. The molecule has 1 aromatic rings. The van der Waals surface area contributed by atoms with Gasteiger partial charge in [0.15, 0.2) is 6.61 Å². The van der Waals surface area contributed by atoms with E-state index in [2.05, 4.69) is 5.32 Å². The Morgan fingerprint density at radius 2 is 1.62 bits per heavy atom. The van der Waals surface area contributed by atoms with Crippen LogP contribution < -0.4 is 5.32 Å². The Hall–Kier alpha value is -2.46. The fraction of sp³-hybridized carbons (Fsp3) is 0.667. The number of carbonyl (C=O) groups excluding carboxylic acids is 4. The molecule has 10 heteroatoms. The first-order valence-corrected chi connectivity index (χ1v) is 12.6. The Morgan fingerprint density at radius 1 is 1.00 bits per heavy atom. The first-order valence-electron chi connectivity index (χ1n) is 11.8. The summed E-state index contributed by atoms with van der Waals surface area (Å²) in [5.41, 5.74) is -1.10. The van der Waals surface area contributed by atoms with Crippen molar-refractivity contribution in [3.8, 4) is 0 Å². The van der Waals surface area contributed by atoms with Crippen molar-refractivity contribution in [3.05, 3.63) is 16.0 Å². The fourth-order valence-electron chi connectivity index (χ4n) is 6.34. The van der Waals surface area contributed by atoms with E-state index in [-0.39, 0.29) is 28.7 Å². The number of carbonyl (C=O) groups is 4. The summed E-state index contributed by atoms with van der Waals surface area (Å²) in [6, 6.07) is 0. The van der Waals surface area contributed by atoms with E-state index < -0.39 is 41.4 Å². The van der Waals surface area contributed by atoms with E-state index >= 15 is 0 Å². The lowest BCUT2D eigenvalue weighted by Gasteiger charge is -2.58. The van der Waals surface area contributed by atoms with Gasteiger partial charge in [-0.2, -0.15) is 0 Å². The average molecular weight is 494 g/mol. The summed E-state index contributed by atoms with van der Waals surface area (Å²) in [5, 5.41) is 13.6. The van der Waals surface area contributed by atoms with Crippen LogP contribution in [-0.4, -0.2) is 54.3 Å². The summed E-state index contributed by atoms with van der Waals surface area (Å²) < 4.78 is 15.5. The van der Waals surface area contributed by atoms with E-state index in [9.17, 15) is 24.3 Å². The predicted molar refractivity (Wildman–Crippen MR) is 123 cm³/mol. The largest absolute Gasteiger partial charge is 0.462 e. The van der Waals surface area contributed by atoms with Crippen molar-refractivity contribution in [1.82, 2.24) is 0 Å². The van der Waals surface area contributed by atoms with Crippen LogP contribution in [0.2, 0.25) is 0 Å². The second kappa shape index (κ2) is 9.30. The van der Waals surface area contributed by atoms with Gasteiger partial charge >= 0.3 is 17.9 Å². The molecule has 1 amide bonds. The van der Waals surface area contributed by atoms with Gasteiger partial charge in [0.2, 0.25) is 0 Å². The minimum Gasteiger partial charge on any atom is -0.462 e. The zero-order chi connectivity index (χ0) is 24.7. The highest BCUT2D eigenvalue weighted by Crippen LogP contribution is 2.62. The van der Waals surface area contributed by atoms with Gasteiger partial charge in [-0.3, -0.25) is 9.59 Å². The van der Waals surface area contributed by atoms with Crippen LogP contribution in [0.15, 0.2) is 0 Å². The molecule has 34 heavy (non-hydrogen) atoms. The van der Waals surface area contributed by atoms with Gasteiger partial charge < -0.3 is 24.6 Å². The first kappa shape index (κ1) is 24.7. The zero-order valence-electron chi connectivity index (χ0n) is 19.7. The second-order valence-electron chi connectivity index (χ2n) is 9.79. The smallest absolute Gasteiger partial charge is 0.348 e. The molecule has 186 valence electrons. The van der Waals surface area contributed by atoms with E-state index in [0.717, 1.165) is 30.6 Å². The quantitative estimate of drug-likeness (QED) is 0.417. The maximum absolute atomic E-state index is 13.0. The highest BCUT2D eigenvalue weighted by Gasteiger charge is 2.60. The number of amides is 1. The van der Waals surface area contributed by atoms with Gasteiger partial charge in [0.1, 0.15) is 9.88 Å². The highest BCUT2D eigenvalue weighted by atomic mass is 32.1. The Kier molecular flexibility index (Phi) is 6.74. The fourth-order valence-corrected chi connectivity index (χ4v) is 7.45. The van der Waals surface area contributed by atoms with Crippen molar-refractivity contribution in [3.63, 3.8) is 0 Å². The molecule has 2 atom stereocenters. The molecule has 5 rings (SSSR count). The Balaban J connectivity index is 1.44. The van der Waals surface area contributed by atoms with Gasteiger partial charge in [-0.1, -0.05) is 0 Å². The molecular formula is C24H31NO8S. The molecule has 0 saturated heterocycles. The van der Waals surface area contributed by atoms with Gasteiger partial charge in [-0.15, -0.1) is 11.3 Å². The van der Waals surface area contributed by atoms with E-state index in [1.54, 1.807) is 20.8 Å². The van der Waals surface area contributed by atoms with Crippen LogP contribution in [0.5, 0.6) is 0 Å². The minimum absolute atomic E-state index is 0.0814. The van der Waals surface area contributed by atoms with E-state index in [4.69, 9.17) is 14.2 Å². The lowest BCUT2D eigenvalue weighted by molar-refractivity contribution is -0.196. The Morgan fingerprint density at radius 3 is 2.21 bits per heavy atom. The molecule has 1 aromatic heterocycles. The minimum atomic E-state index is -0.808. The number of hydrogen-bond donors (Lipinski definition) is 2. The third kappa shape index (κ3) is 4.57. The number of thiophene rings is 1. The maximum Gasteiger partial charge on any atom is 0.348 e.